The minimum Gasteiger partial charge on any atom is -0.475 e. The van der Waals surface area contributed by atoms with Crippen LogP contribution in [0.3, 0.4) is 0 Å². The molecular formula is C23H22F6N6O5S. The van der Waals surface area contributed by atoms with E-state index >= 15 is 0 Å². The van der Waals surface area contributed by atoms with E-state index in [9.17, 15) is 31.1 Å². The highest BCUT2D eigenvalue weighted by Gasteiger charge is 2.38. The number of nitrogens with zero attached hydrogens (tertiary/aromatic N) is 2. The van der Waals surface area contributed by atoms with Gasteiger partial charge in [-0.1, -0.05) is 53.8 Å². The van der Waals surface area contributed by atoms with Crippen molar-refractivity contribution < 1.29 is 50.9 Å². The Kier molecular flexibility index (Phi) is 12.5. The third-order valence-electron chi connectivity index (χ3n) is 4.21. The number of amides is 2. The van der Waals surface area contributed by atoms with Crippen LogP contribution in [0.15, 0.2) is 59.6 Å². The summed E-state index contributed by atoms with van der Waals surface area (Å²) in [5.41, 5.74) is 15.1. The lowest BCUT2D eigenvalue weighted by Gasteiger charge is -2.07. The van der Waals surface area contributed by atoms with Crippen LogP contribution in [0, 0.1) is 6.92 Å². The number of aliphatic imine (C=N–C) groups is 1. The van der Waals surface area contributed by atoms with E-state index < -0.39 is 30.3 Å². The number of halogens is 6. The zero-order chi connectivity index (χ0) is 31.4. The molecule has 8 N–H and O–H groups in total. The van der Waals surface area contributed by atoms with Crippen molar-refractivity contribution in [2.24, 2.45) is 10.7 Å². The van der Waals surface area contributed by atoms with Crippen LogP contribution < -0.4 is 22.1 Å². The van der Waals surface area contributed by atoms with Gasteiger partial charge in [-0.15, -0.1) is 0 Å². The summed E-state index contributed by atoms with van der Waals surface area (Å²) in [5.74, 6) is -5.49. The van der Waals surface area contributed by atoms with E-state index in [-0.39, 0.29) is 5.96 Å². The van der Waals surface area contributed by atoms with Crippen molar-refractivity contribution in [1.82, 2.24) is 15.6 Å². The molecule has 1 heterocycles. The molecule has 0 aliphatic carbocycles. The first-order valence-electron chi connectivity index (χ1n) is 10.8. The van der Waals surface area contributed by atoms with Crippen LogP contribution in [-0.4, -0.2) is 51.5 Å². The monoisotopic (exact) mass is 608 g/mol. The molecule has 11 nitrogen and oxygen atoms in total. The molecule has 0 bridgehead atoms. The number of rotatable bonds is 4. The average molecular weight is 609 g/mol. The van der Waals surface area contributed by atoms with Gasteiger partial charge in [-0.05, 0) is 30.2 Å². The minimum absolute atomic E-state index is 0.0199. The summed E-state index contributed by atoms with van der Waals surface area (Å²) in [6.07, 6.45) is -10.2. The lowest BCUT2D eigenvalue weighted by molar-refractivity contribution is -0.193. The number of anilines is 1. The summed E-state index contributed by atoms with van der Waals surface area (Å²) >= 11 is 1.44. The van der Waals surface area contributed by atoms with Crippen molar-refractivity contribution in [2.45, 2.75) is 25.8 Å². The predicted octanol–water partition coefficient (Wildman–Crippen LogP) is 4.41. The molecule has 1 aromatic heterocycles. The first kappa shape index (κ1) is 34.2. The maximum Gasteiger partial charge on any atom is 0.490 e. The van der Waals surface area contributed by atoms with Crippen LogP contribution in [-0.2, 0) is 16.1 Å². The Balaban J connectivity index is 0.000000497. The van der Waals surface area contributed by atoms with Crippen LogP contribution in [0.2, 0.25) is 0 Å². The summed E-state index contributed by atoms with van der Waals surface area (Å²) in [4.78, 5) is 39.1. The number of guanidine groups is 1. The van der Waals surface area contributed by atoms with Gasteiger partial charge in [0, 0.05) is 6.54 Å². The van der Waals surface area contributed by atoms with Crippen LogP contribution in [0.1, 0.15) is 11.3 Å². The number of carboxylic acid groups (broad SMARTS) is 2. The number of aliphatic carboxylic acids is 2. The number of nitrogens with two attached hydrogens (primary N) is 2. The maximum atomic E-state index is 11.9. The number of hydrogen-bond acceptors (Lipinski definition) is 7. The number of carboxylic acids is 2. The number of thiazole rings is 1. The lowest BCUT2D eigenvalue weighted by Crippen LogP contribution is -2.42. The van der Waals surface area contributed by atoms with Crippen LogP contribution >= 0.6 is 11.3 Å². The van der Waals surface area contributed by atoms with Gasteiger partial charge >= 0.3 is 30.3 Å². The Morgan fingerprint density at radius 2 is 1.41 bits per heavy atom. The highest BCUT2D eigenvalue weighted by molar-refractivity contribution is 7.18. The standard InChI is InChI=1S/C19H20N6OS.2C2HF3O2/c1-12-16(27-18(21)23-12)14-7-9-15(10-8-14)24-17(20)25-19(26)22-11-13-5-3-2-4-6-13;2*3-2(4,5)1(6)7/h2-10H,11H2,1H3,(H2,21,23)(H4,20,22,24,25,26);2*(H,6,7). The first-order chi connectivity index (χ1) is 18.9. The SMILES string of the molecule is Cc1nc(N)sc1-c1ccc(N=C(N)NC(=O)NCc2ccccc2)cc1.O=C(O)C(F)(F)F.O=C(O)C(F)(F)F. The summed E-state index contributed by atoms with van der Waals surface area (Å²) in [7, 11) is 0. The Morgan fingerprint density at radius 1 is 0.927 bits per heavy atom. The molecule has 0 saturated heterocycles. The van der Waals surface area contributed by atoms with E-state index in [2.05, 4.69) is 20.6 Å². The van der Waals surface area contributed by atoms with Crippen molar-refractivity contribution in [3.8, 4) is 10.4 Å². The number of alkyl halides is 6. The topological polar surface area (TPSA) is 193 Å². The van der Waals surface area contributed by atoms with Gasteiger partial charge in [0.25, 0.3) is 0 Å². The molecule has 0 saturated carbocycles. The van der Waals surface area contributed by atoms with Gasteiger partial charge in [-0.3, -0.25) is 5.32 Å². The average Bonchev–Trinajstić information content (AvgIpc) is 3.21. The number of urea groups is 1. The summed E-state index contributed by atoms with van der Waals surface area (Å²) in [5, 5.41) is 20.0. The zero-order valence-corrected chi connectivity index (χ0v) is 21.6. The van der Waals surface area contributed by atoms with Gasteiger partial charge in [0.1, 0.15) is 0 Å². The van der Waals surface area contributed by atoms with Crippen LogP contribution in [0.25, 0.3) is 10.4 Å². The molecule has 222 valence electrons. The third kappa shape index (κ3) is 13.2. The smallest absolute Gasteiger partial charge is 0.475 e. The molecule has 0 atom stereocenters. The van der Waals surface area contributed by atoms with Gasteiger partial charge in [0.2, 0.25) is 5.96 Å². The predicted molar refractivity (Wildman–Crippen MR) is 137 cm³/mol. The Labute approximate surface area is 231 Å². The summed E-state index contributed by atoms with van der Waals surface area (Å²) in [6.45, 7) is 2.33. The summed E-state index contributed by atoms with van der Waals surface area (Å²) < 4.78 is 63.5. The van der Waals surface area contributed by atoms with Gasteiger partial charge in [0.05, 0.1) is 16.3 Å². The number of nitrogens with one attached hydrogen (secondary N) is 2. The molecule has 0 spiro atoms. The first-order valence-corrected chi connectivity index (χ1v) is 11.6. The quantitative estimate of drug-likeness (QED) is 0.142. The minimum atomic E-state index is -5.08. The van der Waals surface area contributed by atoms with E-state index in [4.69, 9.17) is 31.3 Å². The zero-order valence-electron chi connectivity index (χ0n) is 20.7. The van der Waals surface area contributed by atoms with Gasteiger partial charge in [-0.25, -0.2) is 24.4 Å². The Hall–Kier alpha value is -4.87. The van der Waals surface area contributed by atoms with E-state index in [1.807, 2.05) is 61.5 Å². The number of nitrogen functional groups attached to an aromatic ring is 1. The van der Waals surface area contributed by atoms with Crippen molar-refractivity contribution in [1.29, 1.82) is 0 Å². The van der Waals surface area contributed by atoms with Gasteiger partial charge < -0.3 is 27.0 Å². The molecule has 41 heavy (non-hydrogen) atoms. The Morgan fingerprint density at radius 3 is 1.83 bits per heavy atom. The van der Waals surface area contributed by atoms with E-state index in [0.29, 0.717) is 17.4 Å². The summed E-state index contributed by atoms with van der Waals surface area (Å²) in [6, 6.07) is 16.7. The highest BCUT2D eigenvalue weighted by atomic mass is 32.1. The van der Waals surface area contributed by atoms with E-state index in [1.54, 1.807) is 0 Å². The number of benzene rings is 2. The van der Waals surface area contributed by atoms with E-state index in [0.717, 1.165) is 21.7 Å². The van der Waals surface area contributed by atoms with E-state index in [1.165, 1.54) is 11.3 Å². The molecule has 0 radical (unpaired) electrons. The largest absolute Gasteiger partial charge is 0.490 e. The van der Waals surface area contributed by atoms with Gasteiger partial charge in [-0.2, -0.15) is 26.3 Å². The molecule has 0 fully saturated rings. The molecule has 2 amide bonds. The molecule has 18 heteroatoms. The molecule has 0 aliphatic rings. The fourth-order valence-corrected chi connectivity index (χ4v) is 3.32. The Bertz CT molecular complexity index is 1320. The number of carbonyl (C=O) groups is 3. The van der Waals surface area contributed by atoms with Gasteiger partial charge in [0.15, 0.2) is 5.13 Å². The fourth-order valence-electron chi connectivity index (χ4n) is 2.48. The molecule has 0 aliphatic heterocycles. The second-order valence-electron chi connectivity index (χ2n) is 7.41. The molecule has 3 rings (SSSR count). The van der Waals surface area contributed by atoms with Crippen LogP contribution in [0.5, 0.6) is 0 Å². The maximum absolute atomic E-state index is 11.9. The lowest BCUT2D eigenvalue weighted by atomic mass is 10.1. The molecule has 2 aromatic carbocycles. The molecule has 3 aromatic rings. The highest BCUT2D eigenvalue weighted by Crippen LogP contribution is 2.32. The van der Waals surface area contributed by atoms with Crippen LogP contribution in [0.4, 0.5) is 42.0 Å². The number of carbonyl (C=O) groups excluding carboxylic acids is 1. The second kappa shape index (κ2) is 15.1. The second-order valence-corrected chi connectivity index (χ2v) is 8.44. The number of hydrogen-bond donors (Lipinski definition) is 6. The fraction of sp³-hybridized carbons (Fsp3) is 0.174. The van der Waals surface area contributed by atoms with Crippen molar-refractivity contribution in [2.75, 3.05) is 5.73 Å². The van der Waals surface area contributed by atoms with Crippen molar-refractivity contribution >= 4 is 46.1 Å². The normalized spacial score (nSPS) is 11.2. The van der Waals surface area contributed by atoms with Crippen molar-refractivity contribution in [3.05, 3.63) is 65.9 Å². The number of aryl methyl sites for hydroxylation is 1. The third-order valence-corrected chi connectivity index (χ3v) is 5.25. The van der Waals surface area contributed by atoms with Crippen molar-refractivity contribution in [3.63, 3.8) is 0 Å². The number of aromatic nitrogens is 1. The molecule has 0 unspecified atom stereocenters. The molecular weight excluding hydrogens is 586 g/mol.